The molecular formula is C16H20ClN3O. The fourth-order valence-corrected chi connectivity index (χ4v) is 2.74. The van der Waals surface area contributed by atoms with E-state index in [9.17, 15) is 5.26 Å². The third kappa shape index (κ3) is 2.90. The first-order valence-electron chi connectivity index (χ1n) is 7.05. The van der Waals surface area contributed by atoms with Crippen LogP contribution in [0.15, 0.2) is 18.2 Å². The number of fused-ring (bicyclic) bond motifs is 1. The van der Waals surface area contributed by atoms with E-state index in [1.165, 1.54) is 0 Å². The largest absolute Gasteiger partial charge is 0.383 e. The molecule has 0 spiro atoms. The standard InChI is InChI=1S/C16H20ClN3O/c1-10(2)14(9-21-4)20-13-7-5-6-12(8-18)15(13)19-16(20)11(3)17/h5-7,10-11,14H,9H2,1-4H3. The molecule has 0 aliphatic rings. The van der Waals surface area contributed by atoms with Crippen molar-refractivity contribution in [1.82, 2.24) is 9.55 Å². The van der Waals surface area contributed by atoms with Gasteiger partial charge in [-0.2, -0.15) is 5.26 Å². The Balaban J connectivity index is 2.75. The third-order valence-corrected chi connectivity index (χ3v) is 3.86. The van der Waals surface area contributed by atoms with Gasteiger partial charge in [0.05, 0.1) is 29.1 Å². The Labute approximate surface area is 130 Å². The lowest BCUT2D eigenvalue weighted by molar-refractivity contribution is 0.133. The Morgan fingerprint density at radius 1 is 1.38 bits per heavy atom. The van der Waals surface area contributed by atoms with Gasteiger partial charge >= 0.3 is 0 Å². The van der Waals surface area contributed by atoms with Gasteiger partial charge in [-0.1, -0.05) is 19.9 Å². The quantitative estimate of drug-likeness (QED) is 0.783. The van der Waals surface area contributed by atoms with Gasteiger partial charge in [-0.25, -0.2) is 4.98 Å². The highest BCUT2D eigenvalue weighted by atomic mass is 35.5. The summed E-state index contributed by atoms with van der Waals surface area (Å²) < 4.78 is 7.50. The second kappa shape index (κ2) is 6.46. The Morgan fingerprint density at radius 3 is 2.62 bits per heavy atom. The number of alkyl halides is 1. The van der Waals surface area contributed by atoms with Gasteiger partial charge in [0.15, 0.2) is 0 Å². The van der Waals surface area contributed by atoms with E-state index in [0.29, 0.717) is 23.6 Å². The van der Waals surface area contributed by atoms with E-state index < -0.39 is 0 Å². The van der Waals surface area contributed by atoms with Gasteiger partial charge in [-0.3, -0.25) is 0 Å². The van der Waals surface area contributed by atoms with Crippen molar-refractivity contribution in [3.63, 3.8) is 0 Å². The minimum absolute atomic E-state index is 0.130. The van der Waals surface area contributed by atoms with Gasteiger partial charge in [0.25, 0.3) is 0 Å². The molecule has 1 aromatic carbocycles. The van der Waals surface area contributed by atoms with Gasteiger partial charge < -0.3 is 9.30 Å². The second-order valence-corrected chi connectivity index (χ2v) is 6.16. The monoisotopic (exact) mass is 305 g/mol. The molecule has 2 atom stereocenters. The molecule has 0 N–H and O–H groups in total. The van der Waals surface area contributed by atoms with Crippen LogP contribution in [0.1, 0.15) is 43.6 Å². The van der Waals surface area contributed by atoms with Crippen LogP contribution in [0.5, 0.6) is 0 Å². The molecule has 0 aliphatic heterocycles. The van der Waals surface area contributed by atoms with Crippen LogP contribution in [0.4, 0.5) is 0 Å². The summed E-state index contributed by atoms with van der Waals surface area (Å²) in [5, 5.41) is 9.03. The molecule has 1 heterocycles. The van der Waals surface area contributed by atoms with E-state index in [0.717, 1.165) is 11.3 Å². The maximum atomic E-state index is 9.27. The lowest BCUT2D eigenvalue weighted by Gasteiger charge is -2.25. The number of rotatable bonds is 5. The third-order valence-electron chi connectivity index (χ3n) is 3.66. The van der Waals surface area contributed by atoms with E-state index in [4.69, 9.17) is 16.3 Å². The summed E-state index contributed by atoms with van der Waals surface area (Å²) >= 11 is 6.32. The van der Waals surface area contributed by atoms with Crippen LogP contribution in [0.25, 0.3) is 11.0 Å². The van der Waals surface area contributed by atoms with Crippen LogP contribution in [0.3, 0.4) is 0 Å². The lowest BCUT2D eigenvalue weighted by Crippen LogP contribution is -2.22. The molecule has 0 radical (unpaired) electrons. The van der Waals surface area contributed by atoms with Crippen molar-refractivity contribution in [2.75, 3.05) is 13.7 Å². The molecule has 112 valence electrons. The van der Waals surface area contributed by atoms with Crippen LogP contribution in [-0.2, 0) is 4.74 Å². The Bertz CT molecular complexity index is 670. The molecule has 0 aliphatic carbocycles. The second-order valence-electron chi connectivity index (χ2n) is 5.51. The molecule has 0 saturated carbocycles. The van der Waals surface area contributed by atoms with Gasteiger partial charge in [0, 0.05) is 7.11 Å². The van der Waals surface area contributed by atoms with E-state index in [2.05, 4.69) is 29.5 Å². The van der Waals surface area contributed by atoms with Crippen LogP contribution >= 0.6 is 11.6 Å². The number of halogens is 1. The number of nitrogens with zero attached hydrogens (tertiary/aromatic N) is 3. The highest BCUT2D eigenvalue weighted by molar-refractivity contribution is 6.20. The summed E-state index contributed by atoms with van der Waals surface area (Å²) in [5.41, 5.74) is 2.22. The van der Waals surface area contributed by atoms with Crippen molar-refractivity contribution < 1.29 is 4.74 Å². The number of benzene rings is 1. The average Bonchev–Trinajstić information content (AvgIpc) is 2.83. The van der Waals surface area contributed by atoms with Gasteiger partial charge in [-0.15, -0.1) is 11.6 Å². The number of hydrogen-bond acceptors (Lipinski definition) is 3. The van der Waals surface area contributed by atoms with Gasteiger partial charge in [0.2, 0.25) is 0 Å². The van der Waals surface area contributed by atoms with Crippen LogP contribution in [0, 0.1) is 17.2 Å². The molecule has 21 heavy (non-hydrogen) atoms. The topological polar surface area (TPSA) is 50.8 Å². The van der Waals surface area contributed by atoms with Crippen LogP contribution < -0.4 is 0 Å². The number of para-hydroxylation sites is 1. The minimum atomic E-state index is -0.234. The lowest BCUT2D eigenvalue weighted by atomic mass is 10.0. The molecule has 0 amide bonds. The predicted octanol–water partition coefficient (Wildman–Crippen LogP) is 4.05. The molecule has 1 aromatic heterocycles. The Morgan fingerprint density at radius 2 is 2.10 bits per heavy atom. The summed E-state index contributed by atoms with van der Waals surface area (Å²) in [4.78, 5) is 4.62. The van der Waals surface area contributed by atoms with Crippen LogP contribution in [-0.4, -0.2) is 23.3 Å². The summed E-state index contributed by atoms with van der Waals surface area (Å²) in [6.45, 7) is 6.77. The summed E-state index contributed by atoms with van der Waals surface area (Å²) in [5.74, 6) is 1.15. The SMILES string of the molecule is COCC(C(C)C)n1c(C(C)Cl)nc2c(C#N)cccc21. The molecule has 0 saturated heterocycles. The van der Waals surface area contributed by atoms with Gasteiger partial charge in [-0.05, 0) is 25.0 Å². The molecule has 2 aromatic rings. The maximum absolute atomic E-state index is 9.27. The average molecular weight is 306 g/mol. The fourth-order valence-electron chi connectivity index (χ4n) is 2.59. The highest BCUT2D eigenvalue weighted by Gasteiger charge is 2.25. The van der Waals surface area contributed by atoms with E-state index in [1.807, 2.05) is 19.1 Å². The predicted molar refractivity (Wildman–Crippen MR) is 84.5 cm³/mol. The van der Waals surface area contributed by atoms with E-state index in [1.54, 1.807) is 13.2 Å². The van der Waals surface area contributed by atoms with Crippen LogP contribution in [0.2, 0.25) is 0 Å². The molecule has 0 bridgehead atoms. The van der Waals surface area contributed by atoms with Crippen molar-refractivity contribution >= 4 is 22.6 Å². The zero-order valence-corrected chi connectivity index (χ0v) is 13.6. The van der Waals surface area contributed by atoms with E-state index in [-0.39, 0.29) is 11.4 Å². The number of imidazole rings is 1. The zero-order valence-electron chi connectivity index (χ0n) is 12.8. The highest BCUT2D eigenvalue weighted by Crippen LogP contribution is 2.32. The number of methoxy groups -OCH3 is 1. The summed E-state index contributed by atoms with van der Waals surface area (Å²) in [7, 11) is 1.69. The molecule has 2 rings (SSSR count). The first-order valence-corrected chi connectivity index (χ1v) is 7.48. The molecule has 2 unspecified atom stereocenters. The van der Waals surface area contributed by atoms with Crippen molar-refractivity contribution in [2.24, 2.45) is 5.92 Å². The van der Waals surface area contributed by atoms with Gasteiger partial charge in [0.1, 0.15) is 17.4 Å². The number of ether oxygens (including phenoxy) is 1. The normalized spacial score (nSPS) is 14.3. The summed E-state index contributed by atoms with van der Waals surface area (Å²) in [6.07, 6.45) is 0. The van der Waals surface area contributed by atoms with E-state index >= 15 is 0 Å². The first-order chi connectivity index (χ1) is 10.0. The Hall–Kier alpha value is -1.57. The molecule has 4 nitrogen and oxygen atoms in total. The number of hydrogen-bond donors (Lipinski definition) is 0. The Kier molecular flexibility index (Phi) is 4.87. The van der Waals surface area contributed by atoms with Crippen molar-refractivity contribution in [3.8, 4) is 6.07 Å². The fraction of sp³-hybridized carbons (Fsp3) is 0.500. The number of aromatic nitrogens is 2. The minimum Gasteiger partial charge on any atom is -0.383 e. The van der Waals surface area contributed by atoms with Crippen molar-refractivity contribution in [3.05, 3.63) is 29.6 Å². The smallest absolute Gasteiger partial charge is 0.128 e. The zero-order chi connectivity index (χ0) is 15.6. The van der Waals surface area contributed by atoms with Crippen molar-refractivity contribution in [1.29, 1.82) is 5.26 Å². The molecular weight excluding hydrogens is 286 g/mol. The first kappa shape index (κ1) is 15.8. The molecule has 5 heteroatoms. The molecule has 0 fully saturated rings. The summed E-state index contributed by atoms with van der Waals surface area (Å²) in [6, 6.07) is 7.97. The maximum Gasteiger partial charge on any atom is 0.128 e. The van der Waals surface area contributed by atoms with Crippen molar-refractivity contribution in [2.45, 2.75) is 32.2 Å². The number of nitriles is 1.